The van der Waals surface area contributed by atoms with Gasteiger partial charge in [0.1, 0.15) is 11.9 Å². The van der Waals surface area contributed by atoms with Crippen LogP contribution in [0.4, 0.5) is 0 Å². The van der Waals surface area contributed by atoms with Gasteiger partial charge in [-0.2, -0.15) is 0 Å². The number of piperidine rings is 1. The first-order valence-corrected chi connectivity index (χ1v) is 10.7. The van der Waals surface area contributed by atoms with E-state index in [4.69, 9.17) is 4.74 Å². The predicted molar refractivity (Wildman–Crippen MR) is 101 cm³/mol. The number of allylic oxidation sites excluding steroid dienone is 3. The second-order valence-corrected chi connectivity index (χ2v) is 9.63. The third-order valence-corrected chi connectivity index (χ3v) is 8.47. The Balaban J connectivity index is 1.56. The van der Waals surface area contributed by atoms with Crippen molar-refractivity contribution in [1.82, 2.24) is 4.90 Å². The van der Waals surface area contributed by atoms with Crippen molar-refractivity contribution in [2.45, 2.75) is 76.5 Å². The van der Waals surface area contributed by atoms with Crippen LogP contribution in [0.15, 0.2) is 23.7 Å². The quantitative estimate of drug-likeness (QED) is 0.802. The lowest BCUT2D eigenvalue weighted by Crippen LogP contribution is -2.73. The maximum absolute atomic E-state index is 12.0. The maximum Gasteiger partial charge on any atom is 0.153 e. The fourth-order valence-electron chi connectivity index (χ4n) is 6.99. The van der Waals surface area contributed by atoms with Gasteiger partial charge in [-0.05, 0) is 63.5 Å². The van der Waals surface area contributed by atoms with E-state index < -0.39 is 5.60 Å². The van der Waals surface area contributed by atoms with Gasteiger partial charge in [-0.25, -0.2) is 0 Å². The molecule has 4 heteroatoms. The number of nitrogens with zero attached hydrogens (tertiary/aromatic N) is 1. The van der Waals surface area contributed by atoms with Crippen LogP contribution in [0.2, 0.25) is 0 Å². The summed E-state index contributed by atoms with van der Waals surface area (Å²) < 4.78 is 6.39. The molecule has 2 saturated carbocycles. The Hall–Kier alpha value is -1.00. The number of aliphatic hydroxyl groups is 2. The molecule has 144 valence electrons. The highest BCUT2D eigenvalue weighted by Crippen LogP contribution is 2.67. The van der Waals surface area contributed by atoms with Gasteiger partial charge in [0, 0.05) is 23.9 Å². The summed E-state index contributed by atoms with van der Waals surface area (Å²) in [4.78, 5) is 2.60. The fourth-order valence-corrected chi connectivity index (χ4v) is 6.99. The van der Waals surface area contributed by atoms with Crippen LogP contribution < -0.4 is 0 Å². The van der Waals surface area contributed by atoms with Crippen molar-refractivity contribution < 1.29 is 14.9 Å². The zero-order valence-electron chi connectivity index (χ0n) is 16.2. The first-order chi connectivity index (χ1) is 12.5. The van der Waals surface area contributed by atoms with Gasteiger partial charge in [0.05, 0.1) is 5.60 Å². The Morgan fingerprint density at radius 2 is 2.15 bits per heavy atom. The highest BCUT2D eigenvalue weighted by molar-refractivity contribution is 5.36. The van der Waals surface area contributed by atoms with E-state index in [2.05, 4.69) is 24.8 Å². The smallest absolute Gasteiger partial charge is 0.153 e. The Labute approximate surface area is 156 Å². The summed E-state index contributed by atoms with van der Waals surface area (Å²) in [7, 11) is 0. The normalized spacial score (nSPS) is 47.5. The average Bonchev–Trinajstić information content (AvgIpc) is 2.88. The lowest BCUT2D eigenvalue weighted by Gasteiger charge is -2.63. The lowest BCUT2D eigenvalue weighted by molar-refractivity contribution is -0.226. The molecule has 2 heterocycles. The second kappa shape index (κ2) is 5.75. The Bertz CT molecular complexity index is 650. The molecule has 0 aromatic rings. The Morgan fingerprint density at radius 1 is 1.35 bits per heavy atom. The molecule has 5 rings (SSSR count). The number of hydrogen-bond acceptors (Lipinski definition) is 4. The third-order valence-electron chi connectivity index (χ3n) is 8.47. The molecule has 2 bridgehead atoms. The van der Waals surface area contributed by atoms with Gasteiger partial charge < -0.3 is 14.9 Å². The van der Waals surface area contributed by atoms with E-state index in [9.17, 15) is 10.2 Å². The third kappa shape index (κ3) is 2.03. The summed E-state index contributed by atoms with van der Waals surface area (Å²) in [6, 6.07) is 0.199. The Morgan fingerprint density at radius 3 is 2.85 bits per heavy atom. The molecule has 3 unspecified atom stereocenters. The molecule has 4 fully saturated rings. The van der Waals surface area contributed by atoms with Crippen LogP contribution in [0.5, 0.6) is 0 Å². The van der Waals surface area contributed by atoms with Gasteiger partial charge in [-0.3, -0.25) is 4.90 Å². The van der Waals surface area contributed by atoms with E-state index in [0.717, 1.165) is 50.4 Å². The molecule has 2 N–H and O–H groups in total. The van der Waals surface area contributed by atoms with E-state index >= 15 is 0 Å². The summed E-state index contributed by atoms with van der Waals surface area (Å²) in [6.45, 7) is 6.46. The minimum absolute atomic E-state index is 0.0145. The van der Waals surface area contributed by atoms with Crippen molar-refractivity contribution in [2.75, 3.05) is 13.1 Å². The SMILES string of the molecule is CCCC1OC2=C(O)C=CC3C[C@H]4N(CC5CCC5)CC[C@@]1(C23)[C@]4(C)O. The minimum Gasteiger partial charge on any atom is -0.504 e. The molecule has 1 spiro atoms. The first kappa shape index (κ1) is 17.1. The molecule has 0 aromatic carbocycles. The maximum atomic E-state index is 12.0. The molecule has 3 aliphatic carbocycles. The van der Waals surface area contributed by atoms with Gasteiger partial charge in [0.25, 0.3) is 0 Å². The zero-order valence-corrected chi connectivity index (χ0v) is 16.2. The summed E-state index contributed by atoms with van der Waals surface area (Å²) in [5.74, 6) is 2.39. The van der Waals surface area contributed by atoms with Gasteiger partial charge in [-0.1, -0.05) is 25.8 Å². The monoisotopic (exact) mass is 359 g/mol. The van der Waals surface area contributed by atoms with E-state index in [1.54, 1.807) is 0 Å². The molecule has 0 aromatic heterocycles. The fraction of sp³-hybridized carbons (Fsp3) is 0.818. The zero-order chi connectivity index (χ0) is 18.1. The Kier molecular flexibility index (Phi) is 3.78. The van der Waals surface area contributed by atoms with E-state index in [-0.39, 0.29) is 29.2 Å². The van der Waals surface area contributed by atoms with Gasteiger partial charge >= 0.3 is 0 Å². The highest BCUT2D eigenvalue weighted by Gasteiger charge is 2.72. The van der Waals surface area contributed by atoms with Crippen LogP contribution in [-0.4, -0.2) is 45.9 Å². The number of rotatable bonds is 4. The molecule has 2 aliphatic heterocycles. The standard InChI is InChI=1S/C22H33NO3/c1-3-5-18-22-10-11-23(13-14-6-4-7-14)17(21(22,2)25)12-15-8-9-16(24)20(26-18)19(15)22/h8-9,14-15,17-19,24-25H,3-7,10-13H2,1-2H3/t15?,17-,18?,19?,21-,22-/m1/s1. The summed E-state index contributed by atoms with van der Waals surface area (Å²) in [6.07, 6.45) is 12.0. The van der Waals surface area contributed by atoms with Crippen LogP contribution in [0.25, 0.3) is 0 Å². The largest absolute Gasteiger partial charge is 0.504 e. The van der Waals surface area contributed by atoms with Crippen molar-refractivity contribution >= 4 is 0 Å². The highest BCUT2D eigenvalue weighted by atomic mass is 16.5. The van der Waals surface area contributed by atoms with Crippen LogP contribution in [0, 0.1) is 23.2 Å². The molecule has 2 saturated heterocycles. The van der Waals surface area contributed by atoms with Gasteiger partial charge in [-0.15, -0.1) is 0 Å². The molecule has 4 nitrogen and oxygen atoms in total. The lowest BCUT2D eigenvalue weighted by atomic mass is 9.47. The van der Waals surface area contributed by atoms with E-state index in [0.29, 0.717) is 5.92 Å². The van der Waals surface area contributed by atoms with Crippen LogP contribution in [0.3, 0.4) is 0 Å². The summed E-state index contributed by atoms with van der Waals surface area (Å²) >= 11 is 0. The van der Waals surface area contributed by atoms with Crippen molar-refractivity contribution in [2.24, 2.45) is 23.2 Å². The summed E-state index contributed by atoms with van der Waals surface area (Å²) in [5.41, 5.74) is -1.04. The van der Waals surface area contributed by atoms with Crippen LogP contribution in [0.1, 0.15) is 58.8 Å². The topological polar surface area (TPSA) is 52.9 Å². The minimum atomic E-state index is -0.775. The van der Waals surface area contributed by atoms with Crippen molar-refractivity contribution in [3.8, 4) is 0 Å². The first-order valence-electron chi connectivity index (χ1n) is 10.7. The molecule has 5 aliphatic rings. The van der Waals surface area contributed by atoms with Crippen molar-refractivity contribution in [3.05, 3.63) is 23.7 Å². The number of fused-ring (bicyclic) bond motifs is 1. The van der Waals surface area contributed by atoms with E-state index in [1.807, 2.05) is 6.08 Å². The summed E-state index contributed by atoms with van der Waals surface area (Å²) in [5, 5.41) is 22.4. The molecule has 26 heavy (non-hydrogen) atoms. The molecule has 6 atom stereocenters. The van der Waals surface area contributed by atoms with Crippen LogP contribution in [-0.2, 0) is 4.74 Å². The predicted octanol–water partition coefficient (Wildman–Crippen LogP) is 3.77. The molecule has 0 radical (unpaired) electrons. The number of hydrogen-bond donors (Lipinski definition) is 2. The van der Waals surface area contributed by atoms with Gasteiger partial charge in [0.15, 0.2) is 5.76 Å². The molecular weight excluding hydrogens is 326 g/mol. The van der Waals surface area contributed by atoms with Crippen LogP contribution >= 0.6 is 0 Å². The van der Waals surface area contributed by atoms with Crippen molar-refractivity contribution in [1.29, 1.82) is 0 Å². The average molecular weight is 360 g/mol. The second-order valence-electron chi connectivity index (χ2n) is 9.63. The number of aliphatic hydroxyl groups excluding tert-OH is 1. The van der Waals surface area contributed by atoms with Crippen molar-refractivity contribution in [3.63, 3.8) is 0 Å². The van der Waals surface area contributed by atoms with E-state index in [1.165, 1.54) is 19.3 Å². The molecule has 0 amide bonds. The number of ether oxygens (including phenoxy) is 1. The number of likely N-dealkylation sites (tertiary alicyclic amines) is 1. The molecular formula is C22H33NO3. The van der Waals surface area contributed by atoms with Gasteiger partial charge in [0.2, 0.25) is 0 Å².